The van der Waals surface area contributed by atoms with Crippen molar-refractivity contribution in [2.45, 2.75) is 32.7 Å². The summed E-state index contributed by atoms with van der Waals surface area (Å²) in [4.78, 5) is 10.7. The SMILES string of the molecule is CNC(Cc1ccccc1[N+](=O)[O-])C1CC1(C)C. The molecule has 0 spiro atoms. The van der Waals surface area contributed by atoms with Crippen LogP contribution in [0.5, 0.6) is 0 Å². The third-order valence-electron chi connectivity index (χ3n) is 4.07. The molecule has 1 N–H and O–H groups in total. The molecule has 1 aliphatic carbocycles. The van der Waals surface area contributed by atoms with Gasteiger partial charge in [-0.3, -0.25) is 10.1 Å². The number of likely N-dealkylation sites (N-methyl/N-ethyl adjacent to an activating group) is 1. The van der Waals surface area contributed by atoms with E-state index in [-0.39, 0.29) is 10.6 Å². The minimum absolute atomic E-state index is 0.233. The van der Waals surface area contributed by atoms with E-state index in [1.807, 2.05) is 19.2 Å². The zero-order chi connectivity index (χ0) is 13.3. The van der Waals surface area contributed by atoms with Gasteiger partial charge in [-0.05, 0) is 31.2 Å². The lowest BCUT2D eigenvalue weighted by Gasteiger charge is -2.18. The first-order valence-electron chi connectivity index (χ1n) is 6.35. The molecule has 1 saturated carbocycles. The highest BCUT2D eigenvalue weighted by Crippen LogP contribution is 2.54. The first kappa shape index (κ1) is 13.0. The van der Waals surface area contributed by atoms with Gasteiger partial charge in [0.2, 0.25) is 0 Å². The maximum atomic E-state index is 11.0. The molecule has 1 fully saturated rings. The largest absolute Gasteiger partial charge is 0.316 e. The van der Waals surface area contributed by atoms with Crippen molar-refractivity contribution in [2.75, 3.05) is 7.05 Å². The molecule has 2 atom stereocenters. The van der Waals surface area contributed by atoms with E-state index in [4.69, 9.17) is 0 Å². The zero-order valence-corrected chi connectivity index (χ0v) is 11.1. The lowest BCUT2D eigenvalue weighted by Crippen LogP contribution is -2.31. The van der Waals surface area contributed by atoms with Gasteiger partial charge in [0.15, 0.2) is 0 Å². The molecule has 0 aromatic heterocycles. The number of para-hydroxylation sites is 1. The zero-order valence-electron chi connectivity index (χ0n) is 11.1. The summed E-state index contributed by atoms with van der Waals surface area (Å²) in [5.74, 6) is 0.613. The third kappa shape index (κ3) is 2.53. The summed E-state index contributed by atoms with van der Waals surface area (Å²) in [5, 5.41) is 14.3. The number of nitrogens with one attached hydrogen (secondary N) is 1. The summed E-state index contributed by atoms with van der Waals surface area (Å²) in [6, 6.07) is 7.35. The van der Waals surface area contributed by atoms with E-state index in [2.05, 4.69) is 19.2 Å². The van der Waals surface area contributed by atoms with Crippen LogP contribution in [0.25, 0.3) is 0 Å². The predicted molar refractivity (Wildman–Crippen MR) is 71.5 cm³/mol. The molecule has 0 heterocycles. The maximum Gasteiger partial charge on any atom is 0.272 e. The highest BCUT2D eigenvalue weighted by Gasteiger charge is 2.49. The minimum Gasteiger partial charge on any atom is -0.316 e. The van der Waals surface area contributed by atoms with Crippen molar-refractivity contribution >= 4 is 5.69 Å². The molecule has 4 heteroatoms. The number of hydrogen-bond donors (Lipinski definition) is 1. The van der Waals surface area contributed by atoms with Gasteiger partial charge in [0, 0.05) is 17.7 Å². The summed E-state index contributed by atoms with van der Waals surface area (Å²) in [5.41, 5.74) is 1.43. The quantitative estimate of drug-likeness (QED) is 0.644. The van der Waals surface area contributed by atoms with Gasteiger partial charge in [0.05, 0.1) is 4.92 Å². The van der Waals surface area contributed by atoms with Crippen LogP contribution in [0.15, 0.2) is 24.3 Å². The summed E-state index contributed by atoms with van der Waals surface area (Å²) in [6.45, 7) is 4.50. The minimum atomic E-state index is -0.292. The van der Waals surface area contributed by atoms with E-state index in [0.717, 1.165) is 12.0 Å². The second-order valence-electron chi connectivity index (χ2n) is 5.78. The van der Waals surface area contributed by atoms with E-state index in [9.17, 15) is 10.1 Å². The van der Waals surface area contributed by atoms with E-state index in [1.165, 1.54) is 6.42 Å². The second-order valence-corrected chi connectivity index (χ2v) is 5.78. The Morgan fingerprint density at radius 2 is 2.11 bits per heavy atom. The number of nitro groups is 1. The maximum absolute atomic E-state index is 11.0. The highest BCUT2D eigenvalue weighted by atomic mass is 16.6. The number of benzene rings is 1. The molecule has 98 valence electrons. The van der Waals surface area contributed by atoms with Crippen LogP contribution in [0.1, 0.15) is 25.8 Å². The van der Waals surface area contributed by atoms with Gasteiger partial charge in [-0.1, -0.05) is 32.0 Å². The van der Waals surface area contributed by atoms with E-state index < -0.39 is 0 Å². The van der Waals surface area contributed by atoms with Gasteiger partial charge in [-0.15, -0.1) is 0 Å². The Balaban J connectivity index is 2.15. The molecule has 0 bridgehead atoms. The lowest BCUT2D eigenvalue weighted by molar-refractivity contribution is -0.385. The number of hydrogen-bond acceptors (Lipinski definition) is 3. The van der Waals surface area contributed by atoms with Crippen molar-refractivity contribution < 1.29 is 4.92 Å². The Bertz CT molecular complexity index is 457. The molecule has 0 aliphatic heterocycles. The first-order chi connectivity index (χ1) is 8.45. The van der Waals surface area contributed by atoms with Gasteiger partial charge >= 0.3 is 0 Å². The molecular formula is C14H20N2O2. The summed E-state index contributed by atoms with van der Waals surface area (Å²) in [7, 11) is 1.94. The van der Waals surface area contributed by atoms with Crippen LogP contribution in [0.2, 0.25) is 0 Å². The van der Waals surface area contributed by atoms with E-state index in [1.54, 1.807) is 12.1 Å². The molecule has 0 radical (unpaired) electrons. The molecule has 1 aromatic carbocycles. The average Bonchev–Trinajstić information content (AvgIpc) is 2.95. The Kier molecular flexibility index (Phi) is 3.39. The van der Waals surface area contributed by atoms with Crippen LogP contribution >= 0.6 is 0 Å². The van der Waals surface area contributed by atoms with Gasteiger partial charge in [0.1, 0.15) is 0 Å². The van der Waals surface area contributed by atoms with Crippen molar-refractivity contribution in [2.24, 2.45) is 11.3 Å². The highest BCUT2D eigenvalue weighted by molar-refractivity contribution is 5.40. The molecule has 18 heavy (non-hydrogen) atoms. The fourth-order valence-electron chi connectivity index (χ4n) is 2.74. The van der Waals surface area contributed by atoms with Gasteiger partial charge in [-0.2, -0.15) is 0 Å². The van der Waals surface area contributed by atoms with Crippen molar-refractivity contribution in [1.82, 2.24) is 5.32 Å². The van der Waals surface area contributed by atoms with Gasteiger partial charge in [-0.25, -0.2) is 0 Å². The average molecular weight is 248 g/mol. The van der Waals surface area contributed by atoms with Crippen molar-refractivity contribution in [1.29, 1.82) is 0 Å². The molecule has 1 aliphatic rings. The van der Waals surface area contributed by atoms with Crippen LogP contribution in [-0.2, 0) is 6.42 Å². The molecular weight excluding hydrogens is 228 g/mol. The fraction of sp³-hybridized carbons (Fsp3) is 0.571. The van der Waals surface area contributed by atoms with Crippen LogP contribution in [-0.4, -0.2) is 18.0 Å². The Morgan fingerprint density at radius 3 is 2.61 bits per heavy atom. The first-order valence-corrected chi connectivity index (χ1v) is 6.35. The van der Waals surface area contributed by atoms with E-state index in [0.29, 0.717) is 17.4 Å². The summed E-state index contributed by atoms with van der Waals surface area (Å²) >= 11 is 0. The standard InChI is InChI=1S/C14H20N2O2/c1-14(2)9-11(14)12(15-3)8-10-6-4-5-7-13(10)16(17)18/h4-7,11-12,15H,8-9H2,1-3H3. The van der Waals surface area contributed by atoms with Gasteiger partial charge < -0.3 is 5.32 Å². The smallest absolute Gasteiger partial charge is 0.272 e. The molecule has 4 nitrogen and oxygen atoms in total. The monoisotopic (exact) mass is 248 g/mol. The van der Waals surface area contributed by atoms with Crippen LogP contribution < -0.4 is 5.32 Å². The van der Waals surface area contributed by atoms with Crippen molar-refractivity contribution in [3.05, 3.63) is 39.9 Å². The van der Waals surface area contributed by atoms with Crippen molar-refractivity contribution in [3.63, 3.8) is 0 Å². The molecule has 1 aromatic rings. The predicted octanol–water partition coefficient (Wildman–Crippen LogP) is 2.77. The Hall–Kier alpha value is -1.42. The molecule has 2 unspecified atom stereocenters. The molecule has 2 rings (SSSR count). The second kappa shape index (κ2) is 4.69. The van der Waals surface area contributed by atoms with Gasteiger partial charge in [0.25, 0.3) is 5.69 Å². The Labute approximate surface area is 108 Å². The third-order valence-corrected chi connectivity index (χ3v) is 4.07. The fourth-order valence-corrected chi connectivity index (χ4v) is 2.74. The topological polar surface area (TPSA) is 55.2 Å². The molecule has 0 saturated heterocycles. The summed E-state index contributed by atoms with van der Waals surface area (Å²) in [6.07, 6.45) is 1.92. The Morgan fingerprint density at radius 1 is 1.50 bits per heavy atom. The van der Waals surface area contributed by atoms with Crippen LogP contribution in [0, 0.1) is 21.4 Å². The van der Waals surface area contributed by atoms with Crippen LogP contribution in [0.4, 0.5) is 5.69 Å². The normalized spacial score (nSPS) is 22.5. The number of nitrogens with zero attached hydrogens (tertiary/aromatic N) is 1. The van der Waals surface area contributed by atoms with E-state index >= 15 is 0 Å². The lowest BCUT2D eigenvalue weighted by atomic mass is 9.96. The number of nitro benzene ring substituents is 1. The number of rotatable bonds is 5. The summed E-state index contributed by atoms with van der Waals surface area (Å²) < 4.78 is 0. The molecule has 0 amide bonds. The van der Waals surface area contributed by atoms with Crippen molar-refractivity contribution in [3.8, 4) is 0 Å². The van der Waals surface area contributed by atoms with Crippen LogP contribution in [0.3, 0.4) is 0 Å².